The van der Waals surface area contributed by atoms with Gasteiger partial charge in [-0.05, 0) is 55.9 Å². The van der Waals surface area contributed by atoms with Gasteiger partial charge < -0.3 is 10.1 Å². The standard InChI is InChI=1S/C17H29NOS/c1-5-12-19-17-9-7-16(8-10-17)15(4)18-14(3)11-13-20-6-2/h7-10,14-15,18H,5-6,11-13H2,1-4H3. The molecule has 0 aliphatic heterocycles. The molecule has 0 aliphatic carbocycles. The van der Waals surface area contributed by atoms with Gasteiger partial charge in [-0.25, -0.2) is 0 Å². The summed E-state index contributed by atoms with van der Waals surface area (Å²) in [6, 6.07) is 9.41. The van der Waals surface area contributed by atoms with Crippen molar-refractivity contribution in [1.29, 1.82) is 0 Å². The van der Waals surface area contributed by atoms with Gasteiger partial charge in [0.1, 0.15) is 5.75 Å². The van der Waals surface area contributed by atoms with Crippen molar-refractivity contribution in [3.05, 3.63) is 29.8 Å². The van der Waals surface area contributed by atoms with Gasteiger partial charge in [0.25, 0.3) is 0 Å². The number of rotatable bonds is 10. The average Bonchev–Trinajstić information content (AvgIpc) is 2.46. The molecule has 0 amide bonds. The van der Waals surface area contributed by atoms with E-state index in [1.54, 1.807) is 0 Å². The number of ether oxygens (including phenoxy) is 1. The Balaban J connectivity index is 2.40. The molecule has 20 heavy (non-hydrogen) atoms. The Kier molecular flexibility index (Phi) is 8.79. The van der Waals surface area contributed by atoms with E-state index in [1.165, 1.54) is 23.5 Å². The first-order valence-electron chi connectivity index (χ1n) is 7.73. The zero-order valence-electron chi connectivity index (χ0n) is 13.3. The van der Waals surface area contributed by atoms with E-state index in [0.29, 0.717) is 12.1 Å². The first-order chi connectivity index (χ1) is 9.67. The summed E-state index contributed by atoms with van der Waals surface area (Å²) in [7, 11) is 0. The van der Waals surface area contributed by atoms with Gasteiger partial charge in [-0.3, -0.25) is 0 Å². The summed E-state index contributed by atoms with van der Waals surface area (Å²) in [6.07, 6.45) is 2.27. The topological polar surface area (TPSA) is 21.3 Å². The summed E-state index contributed by atoms with van der Waals surface area (Å²) in [6.45, 7) is 9.63. The molecule has 0 aliphatic rings. The molecule has 1 rings (SSSR count). The molecule has 114 valence electrons. The highest BCUT2D eigenvalue weighted by atomic mass is 32.2. The van der Waals surface area contributed by atoms with E-state index in [-0.39, 0.29) is 0 Å². The number of thioether (sulfide) groups is 1. The zero-order chi connectivity index (χ0) is 14.8. The minimum absolute atomic E-state index is 0.386. The van der Waals surface area contributed by atoms with Crippen LogP contribution < -0.4 is 10.1 Å². The van der Waals surface area contributed by atoms with Crippen molar-refractivity contribution in [2.24, 2.45) is 0 Å². The van der Waals surface area contributed by atoms with E-state index in [4.69, 9.17) is 4.74 Å². The fourth-order valence-electron chi connectivity index (χ4n) is 2.08. The van der Waals surface area contributed by atoms with Crippen LogP contribution in [0.15, 0.2) is 24.3 Å². The Morgan fingerprint density at radius 1 is 1.15 bits per heavy atom. The molecular weight excluding hydrogens is 266 g/mol. The third-order valence-corrected chi connectivity index (χ3v) is 4.22. The number of benzene rings is 1. The average molecular weight is 295 g/mol. The van der Waals surface area contributed by atoms with Gasteiger partial charge in [0, 0.05) is 12.1 Å². The van der Waals surface area contributed by atoms with Gasteiger partial charge >= 0.3 is 0 Å². The molecule has 1 aromatic rings. The maximum Gasteiger partial charge on any atom is 0.119 e. The normalized spacial score (nSPS) is 14.0. The molecule has 0 fully saturated rings. The van der Waals surface area contributed by atoms with Gasteiger partial charge in [-0.2, -0.15) is 11.8 Å². The van der Waals surface area contributed by atoms with E-state index >= 15 is 0 Å². The van der Waals surface area contributed by atoms with Crippen molar-refractivity contribution in [3.8, 4) is 5.75 Å². The first kappa shape index (κ1) is 17.4. The Morgan fingerprint density at radius 2 is 1.85 bits per heavy atom. The van der Waals surface area contributed by atoms with E-state index in [1.807, 2.05) is 11.8 Å². The monoisotopic (exact) mass is 295 g/mol. The van der Waals surface area contributed by atoms with Crippen molar-refractivity contribution in [3.63, 3.8) is 0 Å². The first-order valence-corrected chi connectivity index (χ1v) is 8.89. The molecule has 0 aromatic heterocycles. The molecule has 2 unspecified atom stereocenters. The van der Waals surface area contributed by atoms with Crippen LogP contribution in [-0.4, -0.2) is 24.2 Å². The van der Waals surface area contributed by atoms with Crippen LogP contribution in [0.4, 0.5) is 0 Å². The Hall–Kier alpha value is -0.670. The molecule has 2 atom stereocenters. The van der Waals surface area contributed by atoms with Crippen LogP contribution in [0.5, 0.6) is 5.75 Å². The molecule has 0 heterocycles. The Morgan fingerprint density at radius 3 is 2.45 bits per heavy atom. The van der Waals surface area contributed by atoms with Crippen molar-refractivity contribution < 1.29 is 4.74 Å². The quantitative estimate of drug-likeness (QED) is 0.634. The summed E-state index contributed by atoms with van der Waals surface area (Å²) in [5.74, 6) is 3.41. The summed E-state index contributed by atoms with van der Waals surface area (Å²) in [4.78, 5) is 0. The largest absolute Gasteiger partial charge is 0.494 e. The van der Waals surface area contributed by atoms with Gasteiger partial charge in [-0.1, -0.05) is 26.0 Å². The highest BCUT2D eigenvalue weighted by Gasteiger charge is 2.09. The third-order valence-electron chi connectivity index (χ3n) is 3.29. The summed E-state index contributed by atoms with van der Waals surface area (Å²) >= 11 is 2.01. The predicted octanol–water partition coefficient (Wildman–Crippen LogP) is 4.66. The molecule has 0 saturated carbocycles. The van der Waals surface area contributed by atoms with Gasteiger partial charge in [0.05, 0.1) is 6.61 Å². The van der Waals surface area contributed by atoms with Crippen LogP contribution in [0.1, 0.15) is 52.1 Å². The van der Waals surface area contributed by atoms with Crippen LogP contribution >= 0.6 is 11.8 Å². The second-order valence-corrected chi connectivity index (χ2v) is 6.59. The number of hydrogen-bond donors (Lipinski definition) is 1. The lowest BCUT2D eigenvalue weighted by molar-refractivity contribution is 0.317. The molecule has 3 heteroatoms. The summed E-state index contributed by atoms with van der Waals surface area (Å²) in [5, 5.41) is 3.66. The van der Waals surface area contributed by atoms with Crippen molar-refractivity contribution in [2.75, 3.05) is 18.1 Å². The lowest BCUT2D eigenvalue weighted by Crippen LogP contribution is -2.29. The van der Waals surface area contributed by atoms with E-state index in [2.05, 4.69) is 57.3 Å². The molecule has 0 bridgehead atoms. The highest BCUT2D eigenvalue weighted by molar-refractivity contribution is 7.99. The summed E-state index contributed by atoms with van der Waals surface area (Å²) in [5.41, 5.74) is 1.32. The highest BCUT2D eigenvalue weighted by Crippen LogP contribution is 2.18. The minimum Gasteiger partial charge on any atom is -0.494 e. The maximum atomic E-state index is 5.61. The van der Waals surface area contributed by atoms with Crippen LogP contribution in [-0.2, 0) is 0 Å². The van der Waals surface area contributed by atoms with Gasteiger partial charge in [0.15, 0.2) is 0 Å². The molecule has 0 saturated heterocycles. The molecule has 1 N–H and O–H groups in total. The fraction of sp³-hybridized carbons (Fsp3) is 0.647. The molecular formula is C17H29NOS. The van der Waals surface area contributed by atoms with Crippen molar-refractivity contribution >= 4 is 11.8 Å². The zero-order valence-corrected chi connectivity index (χ0v) is 14.1. The second-order valence-electron chi connectivity index (χ2n) is 5.19. The molecule has 2 nitrogen and oxygen atoms in total. The second kappa shape index (κ2) is 10.1. The SMILES string of the molecule is CCCOc1ccc(C(C)NC(C)CCSCC)cc1. The van der Waals surface area contributed by atoms with Crippen molar-refractivity contribution in [2.45, 2.75) is 52.6 Å². The Bertz CT molecular complexity index is 353. The van der Waals surface area contributed by atoms with Crippen LogP contribution in [0.2, 0.25) is 0 Å². The van der Waals surface area contributed by atoms with Crippen LogP contribution in [0.25, 0.3) is 0 Å². The smallest absolute Gasteiger partial charge is 0.119 e. The number of hydrogen-bond acceptors (Lipinski definition) is 3. The molecule has 0 spiro atoms. The maximum absolute atomic E-state index is 5.61. The van der Waals surface area contributed by atoms with E-state index in [0.717, 1.165) is 18.8 Å². The molecule has 1 aromatic carbocycles. The van der Waals surface area contributed by atoms with Crippen LogP contribution in [0, 0.1) is 0 Å². The third kappa shape index (κ3) is 6.67. The predicted molar refractivity (Wildman–Crippen MR) is 90.9 cm³/mol. The van der Waals surface area contributed by atoms with E-state index < -0.39 is 0 Å². The van der Waals surface area contributed by atoms with Gasteiger partial charge in [0.2, 0.25) is 0 Å². The summed E-state index contributed by atoms with van der Waals surface area (Å²) < 4.78 is 5.61. The minimum atomic E-state index is 0.386. The van der Waals surface area contributed by atoms with Crippen molar-refractivity contribution in [1.82, 2.24) is 5.32 Å². The number of nitrogens with one attached hydrogen (secondary N) is 1. The lowest BCUT2D eigenvalue weighted by atomic mass is 10.1. The van der Waals surface area contributed by atoms with E-state index in [9.17, 15) is 0 Å². The van der Waals surface area contributed by atoms with Gasteiger partial charge in [-0.15, -0.1) is 0 Å². The van der Waals surface area contributed by atoms with Crippen LogP contribution in [0.3, 0.4) is 0 Å². The molecule has 0 radical (unpaired) electrons. The Labute approximate surface area is 128 Å². The lowest BCUT2D eigenvalue weighted by Gasteiger charge is -2.20. The fourth-order valence-corrected chi connectivity index (χ4v) is 2.89.